The Labute approximate surface area is 142 Å². The summed E-state index contributed by atoms with van der Waals surface area (Å²) < 4.78 is 0. The number of aromatic nitrogens is 1. The Bertz CT molecular complexity index is 610. The first-order valence-electron chi connectivity index (χ1n) is 7.17. The minimum absolute atomic E-state index is 0. The quantitative estimate of drug-likeness (QED) is 0.899. The van der Waals surface area contributed by atoms with E-state index in [4.69, 9.17) is 0 Å². The lowest BCUT2D eigenvalue weighted by Gasteiger charge is -2.22. The second-order valence-corrected chi connectivity index (χ2v) is 5.32. The number of rotatable bonds is 3. The lowest BCUT2D eigenvalue weighted by molar-refractivity contribution is -0.117. The number of carbonyl (C=O) groups is 1. The molecular weight excluding hydrogens is 321 g/mol. The Balaban J connectivity index is 0.00000121. The number of anilines is 1. The van der Waals surface area contributed by atoms with Crippen LogP contribution in [0.5, 0.6) is 0 Å². The molecule has 0 atom stereocenters. The molecule has 2 aromatic rings. The molecule has 1 aromatic heterocycles. The van der Waals surface area contributed by atoms with E-state index in [1.807, 2.05) is 30.3 Å². The topological polar surface area (TPSA) is 54.0 Å². The van der Waals surface area contributed by atoms with Gasteiger partial charge in [0.1, 0.15) is 0 Å². The molecule has 120 valence electrons. The van der Waals surface area contributed by atoms with E-state index in [2.05, 4.69) is 15.6 Å². The normalized spacial score (nSPS) is 14.7. The van der Waals surface area contributed by atoms with Crippen molar-refractivity contribution in [2.45, 2.75) is 19.3 Å². The van der Waals surface area contributed by atoms with Gasteiger partial charge < -0.3 is 10.6 Å². The van der Waals surface area contributed by atoms with E-state index in [0.717, 1.165) is 42.5 Å². The molecule has 1 aromatic carbocycles. The molecule has 0 aliphatic carbocycles. The van der Waals surface area contributed by atoms with Gasteiger partial charge in [0.25, 0.3) is 0 Å². The van der Waals surface area contributed by atoms with Crippen molar-refractivity contribution in [1.82, 2.24) is 10.3 Å². The highest BCUT2D eigenvalue weighted by Crippen LogP contribution is 2.23. The van der Waals surface area contributed by atoms with Gasteiger partial charge in [0, 0.05) is 18.0 Å². The van der Waals surface area contributed by atoms with Gasteiger partial charge in [-0.2, -0.15) is 0 Å². The molecule has 1 fully saturated rings. The zero-order valence-electron chi connectivity index (χ0n) is 12.2. The van der Waals surface area contributed by atoms with Crippen LogP contribution >= 0.6 is 24.8 Å². The van der Waals surface area contributed by atoms with Crippen LogP contribution in [0.15, 0.2) is 36.5 Å². The van der Waals surface area contributed by atoms with Crippen LogP contribution < -0.4 is 10.6 Å². The van der Waals surface area contributed by atoms with E-state index >= 15 is 0 Å². The van der Waals surface area contributed by atoms with Crippen molar-refractivity contribution in [3.8, 4) is 0 Å². The number of hydrogen-bond acceptors (Lipinski definition) is 3. The SMILES string of the molecule is Cl.Cl.O=C(CC1CCNCC1)Nc1cccc2ncccc12. The number of amides is 1. The summed E-state index contributed by atoms with van der Waals surface area (Å²) in [6, 6.07) is 9.70. The molecule has 0 unspecified atom stereocenters. The molecule has 1 aliphatic rings. The molecular formula is C16H21Cl2N3O. The van der Waals surface area contributed by atoms with Crippen molar-refractivity contribution in [2.75, 3.05) is 18.4 Å². The summed E-state index contributed by atoms with van der Waals surface area (Å²) in [4.78, 5) is 16.5. The number of benzene rings is 1. The highest BCUT2D eigenvalue weighted by atomic mass is 35.5. The van der Waals surface area contributed by atoms with Gasteiger partial charge in [-0.25, -0.2) is 0 Å². The molecule has 0 radical (unpaired) electrons. The van der Waals surface area contributed by atoms with E-state index < -0.39 is 0 Å². The van der Waals surface area contributed by atoms with E-state index in [9.17, 15) is 4.79 Å². The second kappa shape index (κ2) is 8.93. The number of nitrogens with zero attached hydrogens (tertiary/aromatic N) is 1. The van der Waals surface area contributed by atoms with Crippen LogP contribution in [-0.4, -0.2) is 24.0 Å². The van der Waals surface area contributed by atoms with Gasteiger partial charge in [0.2, 0.25) is 5.91 Å². The van der Waals surface area contributed by atoms with Crippen molar-refractivity contribution < 1.29 is 4.79 Å². The first-order chi connectivity index (χ1) is 9.83. The van der Waals surface area contributed by atoms with E-state index in [0.29, 0.717) is 12.3 Å². The Hall–Kier alpha value is -1.36. The number of piperidine rings is 1. The maximum absolute atomic E-state index is 12.2. The summed E-state index contributed by atoms with van der Waals surface area (Å²) in [5, 5.41) is 7.35. The van der Waals surface area contributed by atoms with Crippen molar-refractivity contribution in [2.24, 2.45) is 5.92 Å². The van der Waals surface area contributed by atoms with Crippen LogP contribution in [0.2, 0.25) is 0 Å². The van der Waals surface area contributed by atoms with Crippen LogP contribution in [0.3, 0.4) is 0 Å². The predicted molar refractivity (Wildman–Crippen MR) is 95.1 cm³/mol. The molecule has 1 aliphatic heterocycles. The second-order valence-electron chi connectivity index (χ2n) is 5.32. The van der Waals surface area contributed by atoms with Crippen LogP contribution in [0, 0.1) is 5.92 Å². The van der Waals surface area contributed by atoms with Crippen LogP contribution in [0.1, 0.15) is 19.3 Å². The fraction of sp³-hybridized carbons (Fsp3) is 0.375. The van der Waals surface area contributed by atoms with Crippen LogP contribution in [0.4, 0.5) is 5.69 Å². The van der Waals surface area contributed by atoms with Gasteiger partial charge in [0.05, 0.1) is 11.2 Å². The van der Waals surface area contributed by atoms with E-state index in [1.165, 1.54) is 0 Å². The van der Waals surface area contributed by atoms with Gasteiger partial charge in [-0.1, -0.05) is 6.07 Å². The zero-order chi connectivity index (χ0) is 13.8. The summed E-state index contributed by atoms with van der Waals surface area (Å²) in [5.41, 5.74) is 1.77. The first-order valence-corrected chi connectivity index (χ1v) is 7.17. The van der Waals surface area contributed by atoms with Crippen molar-refractivity contribution in [3.63, 3.8) is 0 Å². The number of nitrogens with one attached hydrogen (secondary N) is 2. The smallest absolute Gasteiger partial charge is 0.224 e. The molecule has 3 rings (SSSR count). The predicted octanol–water partition coefficient (Wildman–Crippen LogP) is 3.41. The maximum atomic E-state index is 12.2. The molecule has 0 spiro atoms. The van der Waals surface area contributed by atoms with Crippen LogP contribution in [-0.2, 0) is 4.79 Å². The Kier molecular flexibility index (Phi) is 7.59. The number of hydrogen-bond donors (Lipinski definition) is 2. The minimum atomic E-state index is 0. The Morgan fingerprint density at radius 1 is 1.18 bits per heavy atom. The average Bonchev–Trinajstić information content (AvgIpc) is 2.48. The average molecular weight is 342 g/mol. The summed E-state index contributed by atoms with van der Waals surface area (Å²) in [7, 11) is 0. The fourth-order valence-electron chi connectivity index (χ4n) is 2.76. The number of fused-ring (bicyclic) bond motifs is 1. The van der Waals surface area contributed by atoms with Gasteiger partial charge >= 0.3 is 0 Å². The Morgan fingerprint density at radius 2 is 1.95 bits per heavy atom. The molecule has 1 saturated heterocycles. The van der Waals surface area contributed by atoms with Crippen molar-refractivity contribution in [3.05, 3.63) is 36.5 Å². The van der Waals surface area contributed by atoms with Gasteiger partial charge in [-0.3, -0.25) is 9.78 Å². The molecule has 4 nitrogen and oxygen atoms in total. The standard InChI is InChI=1S/C16H19N3O.2ClH/c20-16(11-12-6-9-17-10-7-12)19-15-5-1-4-14-13(15)3-2-8-18-14;;/h1-5,8,12,17H,6-7,9-11H2,(H,19,20);2*1H. The number of carbonyl (C=O) groups excluding carboxylic acids is 1. The largest absolute Gasteiger partial charge is 0.325 e. The number of halogens is 2. The molecule has 0 bridgehead atoms. The third-order valence-electron chi connectivity index (χ3n) is 3.85. The number of pyridine rings is 1. The van der Waals surface area contributed by atoms with Gasteiger partial charge in [-0.15, -0.1) is 24.8 Å². The van der Waals surface area contributed by atoms with Crippen LogP contribution in [0.25, 0.3) is 10.9 Å². The van der Waals surface area contributed by atoms with Crippen molar-refractivity contribution >= 4 is 47.3 Å². The lowest BCUT2D eigenvalue weighted by atomic mass is 9.94. The molecule has 2 N–H and O–H groups in total. The monoisotopic (exact) mass is 341 g/mol. The van der Waals surface area contributed by atoms with Gasteiger partial charge in [-0.05, 0) is 56.1 Å². The Morgan fingerprint density at radius 3 is 2.73 bits per heavy atom. The minimum Gasteiger partial charge on any atom is -0.325 e. The summed E-state index contributed by atoms with van der Waals surface area (Å²) in [6.45, 7) is 2.05. The van der Waals surface area contributed by atoms with E-state index in [1.54, 1.807) is 6.20 Å². The highest BCUT2D eigenvalue weighted by Gasteiger charge is 2.17. The van der Waals surface area contributed by atoms with Crippen molar-refractivity contribution in [1.29, 1.82) is 0 Å². The highest BCUT2D eigenvalue weighted by molar-refractivity contribution is 6.00. The lowest BCUT2D eigenvalue weighted by Crippen LogP contribution is -2.30. The fourth-order valence-corrected chi connectivity index (χ4v) is 2.76. The molecule has 1 amide bonds. The third kappa shape index (κ3) is 4.57. The molecule has 0 saturated carbocycles. The summed E-state index contributed by atoms with van der Waals surface area (Å²) >= 11 is 0. The summed E-state index contributed by atoms with van der Waals surface area (Å²) in [6.07, 6.45) is 4.55. The molecule has 6 heteroatoms. The first kappa shape index (κ1) is 18.7. The zero-order valence-corrected chi connectivity index (χ0v) is 13.9. The summed E-state index contributed by atoms with van der Waals surface area (Å²) in [5.74, 6) is 0.609. The molecule has 22 heavy (non-hydrogen) atoms. The van der Waals surface area contributed by atoms with Gasteiger partial charge in [0.15, 0.2) is 0 Å². The third-order valence-corrected chi connectivity index (χ3v) is 3.85. The maximum Gasteiger partial charge on any atom is 0.224 e. The van der Waals surface area contributed by atoms with E-state index in [-0.39, 0.29) is 30.7 Å². The molecule has 2 heterocycles.